The summed E-state index contributed by atoms with van der Waals surface area (Å²) in [5, 5.41) is 18.5. The first-order chi connectivity index (χ1) is 20.4. The Hall–Kier alpha value is -4.67. The summed E-state index contributed by atoms with van der Waals surface area (Å²) in [4.78, 5) is 43.6. The molecular formula is C32H27N3O5S2. The quantitative estimate of drug-likeness (QED) is 0.143. The van der Waals surface area contributed by atoms with Crippen molar-refractivity contribution in [2.24, 2.45) is 0 Å². The third-order valence-corrected chi connectivity index (χ3v) is 8.63. The van der Waals surface area contributed by atoms with E-state index in [1.54, 1.807) is 55.6 Å². The fourth-order valence-electron chi connectivity index (χ4n) is 4.47. The lowest BCUT2D eigenvalue weighted by molar-refractivity contribution is -0.115. The Morgan fingerprint density at radius 1 is 0.952 bits per heavy atom. The Kier molecular flexibility index (Phi) is 8.85. The molecule has 0 bridgehead atoms. The summed E-state index contributed by atoms with van der Waals surface area (Å²) in [6.07, 6.45) is 0.579. The number of aromatic nitrogens is 1. The average Bonchev–Trinajstić information content (AvgIpc) is 3.47. The third kappa shape index (κ3) is 6.45. The highest BCUT2D eigenvalue weighted by Crippen LogP contribution is 2.31. The van der Waals surface area contributed by atoms with Gasteiger partial charge >= 0.3 is 5.97 Å². The summed E-state index contributed by atoms with van der Waals surface area (Å²) in [5.74, 6) is -0.955. The van der Waals surface area contributed by atoms with Gasteiger partial charge in [-0.3, -0.25) is 9.59 Å². The van der Waals surface area contributed by atoms with Crippen molar-refractivity contribution in [3.63, 3.8) is 0 Å². The molecule has 1 aromatic heterocycles. The van der Waals surface area contributed by atoms with Gasteiger partial charge in [0, 0.05) is 32.5 Å². The van der Waals surface area contributed by atoms with Gasteiger partial charge in [0.2, 0.25) is 5.91 Å². The molecule has 1 atom stereocenters. The predicted molar refractivity (Wildman–Crippen MR) is 168 cm³/mol. The van der Waals surface area contributed by atoms with Crippen molar-refractivity contribution in [1.82, 2.24) is 4.98 Å². The van der Waals surface area contributed by atoms with Crippen molar-refractivity contribution in [2.75, 3.05) is 17.7 Å². The van der Waals surface area contributed by atoms with Crippen LogP contribution in [0.25, 0.3) is 22.0 Å². The van der Waals surface area contributed by atoms with Gasteiger partial charge in [0.25, 0.3) is 5.91 Å². The van der Waals surface area contributed by atoms with Crippen LogP contribution in [0.3, 0.4) is 0 Å². The molecule has 4 aromatic carbocycles. The van der Waals surface area contributed by atoms with E-state index >= 15 is 0 Å². The number of hydrogen-bond acceptors (Lipinski definition) is 7. The minimum atomic E-state index is -1.10. The Morgan fingerprint density at radius 3 is 2.43 bits per heavy atom. The van der Waals surface area contributed by atoms with E-state index in [1.165, 1.54) is 29.2 Å². The molecule has 0 saturated carbocycles. The molecule has 3 N–H and O–H groups in total. The molecule has 1 heterocycles. The molecule has 0 aliphatic heterocycles. The molecule has 1 unspecified atom stereocenters. The SMILES string of the molecule is CCC(Sc1cccc(NC(=O)c2cccc3cccc(C(=O)O)c23)c1)C(=O)Nc1nc(-c2cccc(OC)c2)cs1. The maximum Gasteiger partial charge on any atom is 0.336 e. The van der Waals surface area contributed by atoms with Gasteiger partial charge in [0.05, 0.1) is 23.6 Å². The Morgan fingerprint density at radius 2 is 1.69 bits per heavy atom. The molecule has 5 rings (SSSR count). The van der Waals surface area contributed by atoms with Crippen molar-refractivity contribution in [3.05, 3.63) is 101 Å². The highest BCUT2D eigenvalue weighted by Gasteiger charge is 2.21. The number of carboxylic acid groups (broad SMARTS) is 1. The van der Waals surface area contributed by atoms with Gasteiger partial charge in [0.15, 0.2) is 5.13 Å². The van der Waals surface area contributed by atoms with Crippen molar-refractivity contribution >= 4 is 62.5 Å². The van der Waals surface area contributed by atoms with Crippen LogP contribution < -0.4 is 15.4 Å². The van der Waals surface area contributed by atoms with E-state index < -0.39 is 17.1 Å². The molecule has 10 heteroatoms. The molecule has 0 spiro atoms. The highest BCUT2D eigenvalue weighted by atomic mass is 32.2. The maximum atomic E-state index is 13.3. The summed E-state index contributed by atoms with van der Waals surface area (Å²) in [5.41, 5.74) is 2.52. The van der Waals surface area contributed by atoms with Gasteiger partial charge in [-0.15, -0.1) is 23.1 Å². The summed E-state index contributed by atoms with van der Waals surface area (Å²) >= 11 is 2.74. The molecule has 42 heavy (non-hydrogen) atoms. The fraction of sp³-hybridized carbons (Fsp3) is 0.125. The standard InChI is InChI=1S/C32H27N3O5S2/c1-3-27(30(37)35-32-34-26(18-41-32)20-10-4-12-22(16-20)40-2)42-23-13-7-11-21(17-23)33-29(36)24-14-5-8-19-9-6-15-25(28(19)24)31(38)39/h4-18,27H,3H2,1-2H3,(H,33,36)(H,38,39)(H,34,35,37). The van der Waals surface area contributed by atoms with Gasteiger partial charge < -0.3 is 20.5 Å². The molecule has 0 fully saturated rings. The summed E-state index contributed by atoms with van der Waals surface area (Å²) < 4.78 is 5.29. The smallest absolute Gasteiger partial charge is 0.336 e. The first-order valence-corrected chi connectivity index (χ1v) is 14.9. The second kappa shape index (κ2) is 12.9. The first kappa shape index (κ1) is 28.8. The largest absolute Gasteiger partial charge is 0.497 e. The van der Waals surface area contributed by atoms with Gasteiger partial charge in [-0.05, 0) is 54.3 Å². The number of anilines is 2. The van der Waals surface area contributed by atoms with Crippen molar-refractivity contribution < 1.29 is 24.2 Å². The lowest BCUT2D eigenvalue weighted by Crippen LogP contribution is -2.24. The van der Waals surface area contributed by atoms with E-state index in [4.69, 9.17) is 4.74 Å². The number of nitrogens with zero attached hydrogens (tertiary/aromatic N) is 1. The molecule has 5 aromatic rings. The monoisotopic (exact) mass is 597 g/mol. The molecule has 2 amide bonds. The number of carbonyl (C=O) groups is 3. The first-order valence-electron chi connectivity index (χ1n) is 13.1. The van der Waals surface area contributed by atoms with Crippen molar-refractivity contribution in [2.45, 2.75) is 23.5 Å². The van der Waals surface area contributed by atoms with Crippen LogP contribution in [0.2, 0.25) is 0 Å². The van der Waals surface area contributed by atoms with Gasteiger partial charge in [-0.1, -0.05) is 49.4 Å². The summed E-state index contributed by atoms with van der Waals surface area (Å²) in [7, 11) is 1.61. The average molecular weight is 598 g/mol. The Labute approximate surface area is 250 Å². The van der Waals surface area contributed by atoms with Crippen LogP contribution in [-0.4, -0.2) is 40.2 Å². The molecule has 0 aliphatic carbocycles. The number of ether oxygens (including phenoxy) is 1. The molecule has 0 aliphatic rings. The number of methoxy groups -OCH3 is 1. The Bertz CT molecular complexity index is 1780. The zero-order valence-electron chi connectivity index (χ0n) is 22.8. The molecule has 8 nitrogen and oxygen atoms in total. The lowest BCUT2D eigenvalue weighted by atomic mass is 9.98. The zero-order chi connectivity index (χ0) is 29.6. The number of benzene rings is 4. The number of aromatic carboxylic acids is 1. The summed E-state index contributed by atoms with van der Waals surface area (Å²) in [6, 6.07) is 24.8. The normalized spacial score (nSPS) is 11.6. The van der Waals surface area contributed by atoms with Crippen LogP contribution in [0.15, 0.2) is 95.2 Å². The van der Waals surface area contributed by atoms with E-state index in [2.05, 4.69) is 15.6 Å². The fourth-order valence-corrected chi connectivity index (χ4v) is 6.21. The van der Waals surface area contributed by atoms with Crippen LogP contribution in [0.5, 0.6) is 5.75 Å². The topological polar surface area (TPSA) is 118 Å². The number of amides is 2. The number of fused-ring (bicyclic) bond motifs is 1. The number of carbonyl (C=O) groups excluding carboxylic acids is 2. The molecular weight excluding hydrogens is 571 g/mol. The minimum absolute atomic E-state index is 0.0650. The Balaban J connectivity index is 1.28. The number of thioether (sulfide) groups is 1. The van der Waals surface area contributed by atoms with E-state index in [0.29, 0.717) is 28.0 Å². The number of thiazole rings is 1. The molecule has 212 valence electrons. The van der Waals surface area contributed by atoms with Crippen LogP contribution >= 0.6 is 23.1 Å². The van der Waals surface area contributed by atoms with Crippen LogP contribution in [-0.2, 0) is 4.79 Å². The highest BCUT2D eigenvalue weighted by molar-refractivity contribution is 8.00. The van der Waals surface area contributed by atoms with E-state index in [0.717, 1.165) is 21.9 Å². The van der Waals surface area contributed by atoms with E-state index in [-0.39, 0.29) is 17.0 Å². The molecule has 0 radical (unpaired) electrons. The number of nitrogens with one attached hydrogen (secondary N) is 2. The summed E-state index contributed by atoms with van der Waals surface area (Å²) in [6.45, 7) is 1.94. The second-order valence-electron chi connectivity index (χ2n) is 9.27. The van der Waals surface area contributed by atoms with Crippen LogP contribution in [0, 0.1) is 0 Å². The number of carboxylic acids is 1. The van der Waals surface area contributed by atoms with Gasteiger partial charge in [-0.2, -0.15) is 0 Å². The van der Waals surface area contributed by atoms with Gasteiger partial charge in [0.1, 0.15) is 5.75 Å². The van der Waals surface area contributed by atoms with E-state index in [1.807, 2.05) is 42.6 Å². The van der Waals surface area contributed by atoms with Crippen LogP contribution in [0.1, 0.15) is 34.1 Å². The minimum Gasteiger partial charge on any atom is -0.497 e. The van der Waals surface area contributed by atoms with E-state index in [9.17, 15) is 19.5 Å². The number of rotatable bonds is 10. The lowest BCUT2D eigenvalue weighted by Gasteiger charge is -2.15. The van der Waals surface area contributed by atoms with Crippen molar-refractivity contribution in [1.29, 1.82) is 0 Å². The second-order valence-corrected chi connectivity index (χ2v) is 11.4. The van der Waals surface area contributed by atoms with Gasteiger partial charge in [-0.25, -0.2) is 9.78 Å². The molecule has 0 saturated heterocycles. The number of hydrogen-bond donors (Lipinski definition) is 3. The predicted octanol–water partition coefficient (Wildman–Crippen LogP) is 7.43. The zero-order valence-corrected chi connectivity index (χ0v) is 24.4. The maximum absolute atomic E-state index is 13.3. The van der Waals surface area contributed by atoms with Crippen LogP contribution in [0.4, 0.5) is 10.8 Å². The van der Waals surface area contributed by atoms with Crippen molar-refractivity contribution in [3.8, 4) is 17.0 Å². The third-order valence-electron chi connectivity index (χ3n) is 6.51.